The molecule has 1 fully saturated rings. The van der Waals surface area contributed by atoms with E-state index in [2.05, 4.69) is 5.32 Å². The summed E-state index contributed by atoms with van der Waals surface area (Å²) < 4.78 is 6.03. The largest absolute Gasteiger partial charge is 0.378 e. The van der Waals surface area contributed by atoms with Gasteiger partial charge in [-0.3, -0.25) is 4.79 Å². The van der Waals surface area contributed by atoms with Crippen LogP contribution in [0.25, 0.3) is 0 Å². The third-order valence-corrected chi connectivity index (χ3v) is 3.83. The normalized spacial score (nSPS) is 20.2. The lowest BCUT2D eigenvalue weighted by molar-refractivity contribution is -0.135. The fourth-order valence-corrected chi connectivity index (χ4v) is 2.88. The number of ether oxygens (including phenoxy) is 1. The van der Waals surface area contributed by atoms with E-state index in [1.807, 2.05) is 12.1 Å². The maximum atomic E-state index is 12.1. The van der Waals surface area contributed by atoms with Gasteiger partial charge in [0.1, 0.15) is 6.04 Å². The van der Waals surface area contributed by atoms with E-state index in [4.69, 9.17) is 16.3 Å². The molecule has 0 aliphatic carbocycles. The lowest BCUT2D eigenvalue weighted by atomic mass is 10.2. The zero-order chi connectivity index (χ0) is 12.3. The smallest absolute Gasteiger partial charge is 0.242 e. The molecule has 1 aromatic heterocycles. The summed E-state index contributed by atoms with van der Waals surface area (Å²) in [7, 11) is 1.80. The molecule has 1 saturated heterocycles. The zero-order valence-electron chi connectivity index (χ0n) is 9.61. The highest BCUT2D eigenvalue weighted by Crippen LogP contribution is 2.22. The average Bonchev–Trinajstić information content (AvgIpc) is 2.75. The molecule has 4 nitrogen and oxygen atoms in total. The molecule has 0 saturated carbocycles. The minimum atomic E-state index is -0.218. The summed E-state index contributed by atoms with van der Waals surface area (Å²) >= 11 is 7.35. The maximum Gasteiger partial charge on any atom is 0.242 e. The highest BCUT2D eigenvalue weighted by molar-refractivity contribution is 7.16. The van der Waals surface area contributed by atoms with E-state index in [-0.39, 0.29) is 11.9 Å². The van der Waals surface area contributed by atoms with Crippen LogP contribution in [0.3, 0.4) is 0 Å². The van der Waals surface area contributed by atoms with Crippen molar-refractivity contribution in [2.24, 2.45) is 0 Å². The molecule has 0 aromatic carbocycles. The molecule has 1 atom stereocenters. The van der Waals surface area contributed by atoms with Crippen LogP contribution in [0.1, 0.15) is 4.88 Å². The number of thiophene rings is 1. The molecule has 17 heavy (non-hydrogen) atoms. The lowest BCUT2D eigenvalue weighted by Gasteiger charge is -2.27. The van der Waals surface area contributed by atoms with Gasteiger partial charge in [-0.1, -0.05) is 11.6 Å². The molecule has 2 heterocycles. The maximum absolute atomic E-state index is 12.1. The molecule has 0 radical (unpaired) electrons. The number of hydrogen-bond acceptors (Lipinski definition) is 4. The number of likely N-dealkylation sites (N-methyl/N-ethyl adjacent to an activating group) is 1. The summed E-state index contributed by atoms with van der Waals surface area (Å²) in [6, 6.07) is 3.58. The predicted molar refractivity (Wildman–Crippen MR) is 68.4 cm³/mol. The first-order valence-corrected chi connectivity index (χ1v) is 6.66. The van der Waals surface area contributed by atoms with Crippen LogP contribution in [0.15, 0.2) is 12.1 Å². The molecular formula is C11H15ClN2O2S. The number of halogens is 1. The van der Waals surface area contributed by atoms with Gasteiger partial charge in [0.25, 0.3) is 0 Å². The predicted octanol–water partition coefficient (Wildman–Crippen LogP) is 1.35. The van der Waals surface area contributed by atoms with E-state index in [1.165, 1.54) is 11.3 Å². The Morgan fingerprint density at radius 2 is 2.53 bits per heavy atom. The van der Waals surface area contributed by atoms with E-state index in [1.54, 1.807) is 11.9 Å². The monoisotopic (exact) mass is 274 g/mol. The molecule has 1 aliphatic heterocycles. The van der Waals surface area contributed by atoms with Crippen LogP contribution >= 0.6 is 22.9 Å². The standard InChI is InChI=1S/C11H15ClN2O2S/c1-14(6-8-2-3-10(12)17-8)11(15)9-7-16-5-4-13-9/h2-3,9,13H,4-7H2,1H3. The summed E-state index contributed by atoms with van der Waals surface area (Å²) in [5.74, 6) is 0.0641. The average molecular weight is 275 g/mol. The Hall–Kier alpha value is -0.620. The van der Waals surface area contributed by atoms with Gasteiger partial charge in [-0.2, -0.15) is 0 Å². The van der Waals surface area contributed by atoms with Gasteiger partial charge < -0.3 is 15.0 Å². The van der Waals surface area contributed by atoms with Gasteiger partial charge in [0.05, 0.1) is 24.1 Å². The van der Waals surface area contributed by atoms with Crippen molar-refractivity contribution >= 4 is 28.8 Å². The Bertz CT molecular complexity index is 391. The van der Waals surface area contributed by atoms with E-state index in [9.17, 15) is 4.79 Å². The van der Waals surface area contributed by atoms with Crippen LogP contribution in [0.5, 0.6) is 0 Å². The Balaban J connectivity index is 1.90. The zero-order valence-corrected chi connectivity index (χ0v) is 11.2. The number of nitrogens with zero attached hydrogens (tertiary/aromatic N) is 1. The van der Waals surface area contributed by atoms with Crippen molar-refractivity contribution in [1.29, 1.82) is 0 Å². The Kier molecular flexibility index (Phi) is 4.39. The molecule has 1 unspecified atom stereocenters. The van der Waals surface area contributed by atoms with Gasteiger partial charge in [0.2, 0.25) is 5.91 Å². The van der Waals surface area contributed by atoms with Crippen molar-refractivity contribution in [3.8, 4) is 0 Å². The van der Waals surface area contributed by atoms with Crippen molar-refractivity contribution in [1.82, 2.24) is 10.2 Å². The summed E-state index contributed by atoms with van der Waals surface area (Å²) in [4.78, 5) is 14.9. The first-order valence-electron chi connectivity index (χ1n) is 5.47. The molecule has 1 N–H and O–H groups in total. The number of amides is 1. The number of carbonyl (C=O) groups excluding carboxylic acids is 1. The fraction of sp³-hybridized carbons (Fsp3) is 0.545. The Labute approximate surface area is 110 Å². The van der Waals surface area contributed by atoms with E-state index in [0.29, 0.717) is 19.8 Å². The van der Waals surface area contributed by atoms with Crippen molar-refractivity contribution in [3.63, 3.8) is 0 Å². The number of carbonyl (C=O) groups is 1. The summed E-state index contributed by atoms with van der Waals surface area (Å²) in [5.41, 5.74) is 0. The molecule has 1 amide bonds. The van der Waals surface area contributed by atoms with Gasteiger partial charge >= 0.3 is 0 Å². The molecule has 6 heteroatoms. The molecule has 0 spiro atoms. The molecule has 2 rings (SSSR count). The van der Waals surface area contributed by atoms with E-state index >= 15 is 0 Å². The second-order valence-corrected chi connectivity index (χ2v) is 5.78. The van der Waals surface area contributed by atoms with Gasteiger partial charge in [-0.05, 0) is 12.1 Å². The highest BCUT2D eigenvalue weighted by Gasteiger charge is 2.24. The van der Waals surface area contributed by atoms with Crippen molar-refractivity contribution in [2.45, 2.75) is 12.6 Å². The number of rotatable bonds is 3. The third kappa shape index (κ3) is 3.42. The summed E-state index contributed by atoms with van der Waals surface area (Å²) in [6.07, 6.45) is 0. The summed E-state index contributed by atoms with van der Waals surface area (Å²) in [5, 5.41) is 3.15. The van der Waals surface area contributed by atoms with E-state index < -0.39 is 0 Å². The van der Waals surface area contributed by atoms with Crippen LogP contribution in [0, 0.1) is 0 Å². The molecule has 0 bridgehead atoms. The van der Waals surface area contributed by atoms with Crippen molar-refractivity contribution in [3.05, 3.63) is 21.3 Å². The van der Waals surface area contributed by atoms with Crippen LogP contribution in [-0.2, 0) is 16.1 Å². The molecule has 1 aliphatic rings. The molecular weight excluding hydrogens is 260 g/mol. The number of hydrogen-bond donors (Lipinski definition) is 1. The minimum absolute atomic E-state index is 0.0641. The Morgan fingerprint density at radius 3 is 3.12 bits per heavy atom. The molecule has 1 aromatic rings. The van der Waals surface area contributed by atoms with Crippen LogP contribution in [0.4, 0.5) is 0 Å². The second kappa shape index (κ2) is 5.82. The van der Waals surface area contributed by atoms with Gasteiger partial charge in [-0.25, -0.2) is 0 Å². The number of morpholine rings is 1. The van der Waals surface area contributed by atoms with Gasteiger partial charge in [0, 0.05) is 18.5 Å². The summed E-state index contributed by atoms with van der Waals surface area (Å²) in [6.45, 7) is 2.45. The molecule has 94 valence electrons. The van der Waals surface area contributed by atoms with Crippen LogP contribution in [-0.4, -0.2) is 43.7 Å². The van der Waals surface area contributed by atoms with Crippen molar-refractivity contribution in [2.75, 3.05) is 26.8 Å². The SMILES string of the molecule is CN(Cc1ccc(Cl)s1)C(=O)C1COCCN1. The first kappa shape index (κ1) is 12.8. The minimum Gasteiger partial charge on any atom is -0.378 e. The Morgan fingerprint density at radius 1 is 1.71 bits per heavy atom. The fourth-order valence-electron chi connectivity index (χ4n) is 1.74. The van der Waals surface area contributed by atoms with Gasteiger partial charge in [0.15, 0.2) is 0 Å². The topological polar surface area (TPSA) is 41.6 Å². The van der Waals surface area contributed by atoms with Crippen molar-refractivity contribution < 1.29 is 9.53 Å². The highest BCUT2D eigenvalue weighted by atomic mass is 35.5. The van der Waals surface area contributed by atoms with Crippen LogP contribution < -0.4 is 5.32 Å². The van der Waals surface area contributed by atoms with E-state index in [0.717, 1.165) is 15.8 Å². The lowest BCUT2D eigenvalue weighted by Crippen LogP contribution is -2.51. The second-order valence-electron chi connectivity index (χ2n) is 3.98. The first-order chi connectivity index (χ1) is 8.16. The third-order valence-electron chi connectivity index (χ3n) is 2.62. The number of nitrogens with one attached hydrogen (secondary N) is 1. The quantitative estimate of drug-likeness (QED) is 0.905. The van der Waals surface area contributed by atoms with Gasteiger partial charge in [-0.15, -0.1) is 11.3 Å². The van der Waals surface area contributed by atoms with Crippen LogP contribution in [0.2, 0.25) is 4.34 Å².